The summed E-state index contributed by atoms with van der Waals surface area (Å²) in [6.07, 6.45) is 0.408. The van der Waals surface area contributed by atoms with Gasteiger partial charge in [0.15, 0.2) is 5.69 Å². The van der Waals surface area contributed by atoms with Gasteiger partial charge in [0.05, 0.1) is 35.5 Å². The van der Waals surface area contributed by atoms with E-state index in [1.165, 1.54) is 6.20 Å². The van der Waals surface area contributed by atoms with E-state index in [9.17, 15) is 18.0 Å². The van der Waals surface area contributed by atoms with Gasteiger partial charge in [0.2, 0.25) is 5.88 Å². The quantitative estimate of drug-likeness (QED) is 0.490. The van der Waals surface area contributed by atoms with Gasteiger partial charge in [-0.3, -0.25) is 4.79 Å². The summed E-state index contributed by atoms with van der Waals surface area (Å²) < 4.78 is 48.0. The lowest BCUT2D eigenvalue weighted by molar-refractivity contribution is -0.141. The highest BCUT2D eigenvalue weighted by molar-refractivity contribution is 7.10. The number of pyridine rings is 1. The fourth-order valence-electron chi connectivity index (χ4n) is 3.18. The van der Waals surface area contributed by atoms with E-state index in [2.05, 4.69) is 35.3 Å². The summed E-state index contributed by atoms with van der Waals surface area (Å²) >= 11 is 0.989. The maximum atomic E-state index is 12.9. The van der Waals surface area contributed by atoms with Gasteiger partial charge in [-0.25, -0.2) is 15.0 Å². The predicted octanol–water partition coefficient (Wildman–Crippen LogP) is 3.78. The molecule has 3 aromatic rings. The average Bonchev–Trinajstić information content (AvgIpc) is 3.15. The molecule has 0 atom stereocenters. The molecule has 1 aliphatic heterocycles. The van der Waals surface area contributed by atoms with Crippen molar-refractivity contribution in [1.29, 1.82) is 0 Å². The molecule has 174 valence electrons. The number of hydrogen-bond acceptors (Lipinski definition) is 9. The van der Waals surface area contributed by atoms with E-state index in [1.807, 2.05) is 0 Å². The number of ether oxygens (including phenoxy) is 1. The van der Waals surface area contributed by atoms with Crippen LogP contribution < -0.4 is 20.7 Å². The maximum Gasteiger partial charge on any atom is 0.434 e. The summed E-state index contributed by atoms with van der Waals surface area (Å²) in [6, 6.07) is 3.37. The predicted molar refractivity (Wildman–Crippen MR) is 116 cm³/mol. The smallest absolute Gasteiger partial charge is 0.434 e. The van der Waals surface area contributed by atoms with E-state index in [0.29, 0.717) is 28.5 Å². The first-order valence-electron chi connectivity index (χ1n) is 10.1. The average molecular weight is 479 g/mol. The van der Waals surface area contributed by atoms with Crippen molar-refractivity contribution in [1.82, 2.24) is 24.6 Å². The Bertz CT molecular complexity index is 1100. The first-order chi connectivity index (χ1) is 15.8. The van der Waals surface area contributed by atoms with Crippen LogP contribution in [0.3, 0.4) is 0 Å². The molecule has 0 aliphatic carbocycles. The Morgan fingerprint density at radius 3 is 2.58 bits per heavy atom. The number of nitrogens with zero attached hydrogens (tertiary/aromatic N) is 4. The Morgan fingerprint density at radius 2 is 1.94 bits per heavy atom. The fraction of sp³-hybridized carbons (Fsp3) is 0.350. The number of anilines is 3. The van der Waals surface area contributed by atoms with Gasteiger partial charge in [0.25, 0.3) is 5.91 Å². The van der Waals surface area contributed by atoms with Gasteiger partial charge in [-0.15, -0.1) is 0 Å². The summed E-state index contributed by atoms with van der Waals surface area (Å²) in [6.45, 7) is 3.46. The van der Waals surface area contributed by atoms with Crippen LogP contribution in [-0.4, -0.2) is 44.4 Å². The largest absolute Gasteiger partial charge is 0.474 e. The van der Waals surface area contributed by atoms with Crippen LogP contribution in [0.15, 0.2) is 30.7 Å². The molecule has 0 radical (unpaired) electrons. The number of alkyl halides is 3. The number of carbonyl (C=O) groups excluding carboxylic acids is 1. The zero-order chi connectivity index (χ0) is 23.4. The van der Waals surface area contributed by atoms with Crippen LogP contribution in [0, 0.1) is 6.92 Å². The highest BCUT2D eigenvalue weighted by atomic mass is 32.1. The minimum absolute atomic E-state index is 0.0572. The van der Waals surface area contributed by atoms with Gasteiger partial charge in [0.1, 0.15) is 16.9 Å². The van der Waals surface area contributed by atoms with E-state index in [-0.39, 0.29) is 17.5 Å². The lowest BCUT2D eigenvalue weighted by atomic mass is 10.1. The topological polar surface area (TPSA) is 114 Å². The van der Waals surface area contributed by atoms with Crippen LogP contribution in [0.1, 0.15) is 34.6 Å². The number of piperidine rings is 1. The lowest BCUT2D eigenvalue weighted by Gasteiger charge is -2.23. The number of halogens is 3. The van der Waals surface area contributed by atoms with Gasteiger partial charge in [0, 0.05) is 6.07 Å². The van der Waals surface area contributed by atoms with Gasteiger partial charge in [-0.2, -0.15) is 17.5 Å². The van der Waals surface area contributed by atoms with Crippen molar-refractivity contribution >= 4 is 33.9 Å². The summed E-state index contributed by atoms with van der Waals surface area (Å²) in [5, 5.41) is 9.15. The van der Waals surface area contributed by atoms with Crippen molar-refractivity contribution in [2.24, 2.45) is 0 Å². The Balaban J connectivity index is 1.42. The van der Waals surface area contributed by atoms with Gasteiger partial charge >= 0.3 is 6.18 Å². The van der Waals surface area contributed by atoms with Gasteiger partial charge in [-0.1, -0.05) is 0 Å². The van der Waals surface area contributed by atoms with E-state index in [0.717, 1.165) is 43.7 Å². The van der Waals surface area contributed by atoms with Crippen LogP contribution in [0.2, 0.25) is 0 Å². The lowest BCUT2D eigenvalue weighted by Crippen LogP contribution is -2.34. The molecule has 33 heavy (non-hydrogen) atoms. The van der Waals surface area contributed by atoms with Gasteiger partial charge < -0.3 is 20.7 Å². The second-order valence-electron chi connectivity index (χ2n) is 7.29. The van der Waals surface area contributed by atoms with E-state index in [4.69, 9.17) is 4.74 Å². The van der Waals surface area contributed by atoms with Crippen LogP contribution in [0.5, 0.6) is 5.88 Å². The first-order valence-corrected chi connectivity index (χ1v) is 10.8. The second kappa shape index (κ2) is 9.67. The molecule has 4 rings (SSSR count). The van der Waals surface area contributed by atoms with Crippen molar-refractivity contribution < 1.29 is 22.7 Å². The van der Waals surface area contributed by atoms with E-state index < -0.39 is 17.8 Å². The van der Waals surface area contributed by atoms with Crippen molar-refractivity contribution in [3.8, 4) is 5.88 Å². The molecule has 0 aromatic carbocycles. The fourth-order valence-corrected chi connectivity index (χ4v) is 3.98. The molecule has 13 heteroatoms. The second-order valence-corrected chi connectivity index (χ2v) is 8.06. The Morgan fingerprint density at radius 1 is 1.15 bits per heavy atom. The molecule has 0 spiro atoms. The highest BCUT2D eigenvalue weighted by Gasteiger charge is 2.32. The normalized spacial score (nSPS) is 14.7. The minimum atomic E-state index is -4.58. The van der Waals surface area contributed by atoms with E-state index in [1.54, 1.807) is 19.1 Å². The van der Waals surface area contributed by atoms with Crippen molar-refractivity contribution in [2.75, 3.05) is 23.7 Å². The van der Waals surface area contributed by atoms with Crippen molar-refractivity contribution in [2.45, 2.75) is 32.0 Å². The summed E-state index contributed by atoms with van der Waals surface area (Å²) in [5.41, 5.74) is 0.0607. The molecule has 1 fully saturated rings. The summed E-state index contributed by atoms with van der Waals surface area (Å²) in [7, 11) is 0. The third kappa shape index (κ3) is 5.73. The van der Waals surface area contributed by atoms with Crippen LogP contribution in [0.25, 0.3) is 0 Å². The molecule has 1 saturated heterocycles. The van der Waals surface area contributed by atoms with Gasteiger partial charge in [-0.05, 0) is 50.5 Å². The number of nitrogens with one attached hydrogen (secondary N) is 3. The van der Waals surface area contributed by atoms with Crippen LogP contribution >= 0.6 is 11.5 Å². The number of carbonyl (C=O) groups is 1. The molecule has 9 nitrogen and oxygen atoms in total. The first kappa shape index (κ1) is 22.9. The third-order valence-corrected chi connectivity index (χ3v) is 5.70. The minimum Gasteiger partial charge on any atom is -0.474 e. The number of aromatic nitrogens is 4. The molecular formula is C20H20F3N7O2S. The Kier molecular flexibility index (Phi) is 6.70. The SMILES string of the molecule is Cc1nsc(Nc2cnc(C(F)(F)F)cn2)c1C(=O)Nc1ccc(OC2CCNCC2)nc1. The standard InChI is InChI=1S/C20H20F3N7O2S/c1-11-17(19(33-30-11)29-15-10-25-14(9-26-15)20(21,22)23)18(31)28-12-2-3-16(27-8-12)32-13-4-6-24-7-5-13/h2-3,8-10,13,24H,4-7H2,1H3,(H,26,29)(H,28,31). The monoisotopic (exact) mass is 479 g/mol. The number of hydrogen-bond donors (Lipinski definition) is 3. The molecular weight excluding hydrogens is 459 g/mol. The third-order valence-electron chi connectivity index (χ3n) is 4.84. The zero-order valence-electron chi connectivity index (χ0n) is 17.4. The molecule has 0 saturated carbocycles. The van der Waals surface area contributed by atoms with E-state index >= 15 is 0 Å². The number of rotatable bonds is 6. The van der Waals surface area contributed by atoms with Crippen molar-refractivity contribution in [3.63, 3.8) is 0 Å². The summed E-state index contributed by atoms with van der Waals surface area (Å²) in [5.74, 6) is 0.0933. The molecule has 0 unspecified atom stereocenters. The summed E-state index contributed by atoms with van der Waals surface area (Å²) in [4.78, 5) is 24.2. The zero-order valence-corrected chi connectivity index (χ0v) is 18.3. The maximum absolute atomic E-state index is 12.9. The number of amides is 1. The van der Waals surface area contributed by atoms with Crippen LogP contribution in [-0.2, 0) is 6.18 Å². The Labute approximate surface area is 191 Å². The van der Waals surface area contributed by atoms with Crippen LogP contribution in [0.4, 0.5) is 29.7 Å². The molecule has 3 N–H and O–H groups in total. The highest BCUT2D eigenvalue weighted by Crippen LogP contribution is 2.30. The molecule has 1 amide bonds. The molecule has 1 aliphatic rings. The molecule has 4 heterocycles. The molecule has 0 bridgehead atoms. The molecule has 3 aromatic heterocycles. The Hall–Kier alpha value is -3.32. The van der Waals surface area contributed by atoms with Crippen molar-refractivity contribution in [3.05, 3.63) is 47.7 Å². The number of aryl methyl sites for hydroxylation is 1.